The number of carbonyl (C=O) groups is 1. The molecule has 1 aliphatic rings. The first-order valence-electron chi connectivity index (χ1n) is 22.8. The average molecular weight is 745 g/mol. The van der Waals surface area contributed by atoms with Gasteiger partial charge in [0.05, 0.1) is 0 Å². The Morgan fingerprint density at radius 2 is 1.06 bits per heavy atom. The number of unbranched alkanes of at least 4 members (excludes halogenated alkanes) is 19. The number of nitrogens with zero attached hydrogens (tertiary/aromatic N) is 3. The molecule has 2 rings (SSSR count). The Hall–Kier alpha value is -1.93. The second-order valence-corrected chi connectivity index (χ2v) is 16.3. The van der Waals surface area contributed by atoms with E-state index >= 15 is 0 Å². The van der Waals surface area contributed by atoms with Crippen LogP contribution in [0.5, 0.6) is 0 Å². The molecule has 0 saturated carbocycles. The van der Waals surface area contributed by atoms with Crippen LogP contribution in [0.4, 0.5) is 11.4 Å². The standard InChI is InChI=1S/C45H84N4O4/c1-5-8-11-14-18-23-29-40(30-24-19-15-12-9-6-2)53-41(50)31-25-20-17-22-27-34-48(33-26-21-16-13-10-7-3)35-28-32-46-42-43(45(52)44(42)51)49-38-36-47(4)37-39-49/h40,46H,5-39H2,1-4H3. The summed E-state index contributed by atoms with van der Waals surface area (Å²) in [6.45, 7) is 14.2. The van der Waals surface area contributed by atoms with Crippen molar-refractivity contribution in [1.82, 2.24) is 9.80 Å². The number of ether oxygens (including phenoxy) is 1. The number of rotatable bonds is 36. The number of hydrogen-bond acceptors (Lipinski definition) is 8. The van der Waals surface area contributed by atoms with E-state index in [0.717, 1.165) is 84.3 Å². The molecule has 308 valence electrons. The molecular formula is C45H84N4O4. The van der Waals surface area contributed by atoms with E-state index in [4.69, 9.17) is 4.74 Å². The number of likely N-dealkylation sites (N-methyl/N-ethyl adjacent to an activating group) is 1. The zero-order valence-corrected chi connectivity index (χ0v) is 35.3. The van der Waals surface area contributed by atoms with E-state index in [1.54, 1.807) is 0 Å². The molecule has 0 amide bonds. The SMILES string of the molecule is CCCCCCCCC(CCCCCCCC)OC(=O)CCCCCCCN(CCCCCCCC)CCCNc1c(N2CCN(C)CC2)c(=O)c1=O. The summed E-state index contributed by atoms with van der Waals surface area (Å²) in [4.78, 5) is 44.6. The summed E-state index contributed by atoms with van der Waals surface area (Å²) >= 11 is 0. The minimum absolute atomic E-state index is 0.0186. The van der Waals surface area contributed by atoms with Gasteiger partial charge in [0.15, 0.2) is 0 Å². The van der Waals surface area contributed by atoms with Crippen LogP contribution >= 0.6 is 0 Å². The van der Waals surface area contributed by atoms with E-state index < -0.39 is 0 Å². The van der Waals surface area contributed by atoms with Crippen molar-refractivity contribution in [3.63, 3.8) is 0 Å². The van der Waals surface area contributed by atoms with Crippen molar-refractivity contribution in [1.29, 1.82) is 0 Å². The van der Waals surface area contributed by atoms with E-state index in [1.165, 1.54) is 128 Å². The van der Waals surface area contributed by atoms with Crippen LogP contribution in [-0.4, -0.2) is 81.3 Å². The number of carbonyl (C=O) groups excluding carboxylic acids is 1. The van der Waals surface area contributed by atoms with Crippen molar-refractivity contribution in [2.45, 2.75) is 200 Å². The van der Waals surface area contributed by atoms with Crippen LogP contribution < -0.4 is 21.1 Å². The van der Waals surface area contributed by atoms with Crippen molar-refractivity contribution in [2.75, 3.05) is 69.6 Å². The summed E-state index contributed by atoms with van der Waals surface area (Å²) < 4.78 is 6.06. The van der Waals surface area contributed by atoms with Gasteiger partial charge >= 0.3 is 5.97 Å². The minimum atomic E-state index is -0.350. The number of hydrogen-bond donors (Lipinski definition) is 1. The smallest absolute Gasteiger partial charge is 0.306 e. The fourth-order valence-electron chi connectivity index (χ4n) is 7.79. The first-order valence-corrected chi connectivity index (χ1v) is 22.8. The van der Waals surface area contributed by atoms with E-state index in [2.05, 4.69) is 47.8 Å². The zero-order chi connectivity index (χ0) is 38.4. The predicted molar refractivity (Wildman–Crippen MR) is 228 cm³/mol. The van der Waals surface area contributed by atoms with Crippen LogP contribution in [0.25, 0.3) is 0 Å². The lowest BCUT2D eigenvalue weighted by Gasteiger charge is -2.35. The van der Waals surface area contributed by atoms with Crippen LogP contribution in [-0.2, 0) is 9.53 Å². The normalized spacial score (nSPS) is 13.9. The van der Waals surface area contributed by atoms with Gasteiger partial charge in [0.1, 0.15) is 17.5 Å². The van der Waals surface area contributed by atoms with Gasteiger partial charge in [-0.15, -0.1) is 0 Å². The summed E-state index contributed by atoms with van der Waals surface area (Å²) in [5.74, 6) is 0.0186. The first kappa shape index (κ1) is 47.2. The highest BCUT2D eigenvalue weighted by atomic mass is 16.5. The van der Waals surface area contributed by atoms with Crippen molar-refractivity contribution < 1.29 is 9.53 Å². The highest BCUT2D eigenvalue weighted by molar-refractivity contribution is 5.75. The highest BCUT2D eigenvalue weighted by Crippen LogP contribution is 2.22. The maximum atomic E-state index is 12.8. The lowest BCUT2D eigenvalue weighted by atomic mass is 10.0. The molecule has 0 aromatic heterocycles. The van der Waals surface area contributed by atoms with Gasteiger partial charge < -0.3 is 24.8 Å². The Kier molecular flexibility index (Phi) is 27.9. The molecule has 8 nitrogen and oxygen atoms in total. The Morgan fingerprint density at radius 3 is 1.58 bits per heavy atom. The average Bonchev–Trinajstić information content (AvgIpc) is 3.16. The molecule has 0 spiro atoms. The summed E-state index contributed by atoms with van der Waals surface area (Å²) in [5.41, 5.74) is 0.477. The minimum Gasteiger partial charge on any atom is -0.462 e. The molecule has 0 bridgehead atoms. The fourth-order valence-corrected chi connectivity index (χ4v) is 7.79. The van der Waals surface area contributed by atoms with Gasteiger partial charge in [0.25, 0.3) is 10.9 Å². The molecule has 1 N–H and O–H groups in total. The maximum Gasteiger partial charge on any atom is 0.306 e. The summed E-state index contributed by atoms with van der Waals surface area (Å²) in [5, 5.41) is 3.34. The Morgan fingerprint density at radius 1 is 0.604 bits per heavy atom. The number of anilines is 2. The largest absolute Gasteiger partial charge is 0.462 e. The first-order chi connectivity index (χ1) is 25.9. The molecule has 0 radical (unpaired) electrons. The van der Waals surface area contributed by atoms with Gasteiger partial charge in [-0.1, -0.05) is 136 Å². The number of esters is 1. The van der Waals surface area contributed by atoms with Gasteiger partial charge in [-0.2, -0.15) is 0 Å². The molecular weight excluding hydrogens is 661 g/mol. The van der Waals surface area contributed by atoms with Gasteiger partial charge in [-0.05, 0) is 78.0 Å². The van der Waals surface area contributed by atoms with Crippen LogP contribution in [0, 0.1) is 0 Å². The van der Waals surface area contributed by atoms with Gasteiger partial charge in [-0.3, -0.25) is 14.4 Å². The Labute approximate surface area is 326 Å². The van der Waals surface area contributed by atoms with Gasteiger partial charge in [0.2, 0.25) is 0 Å². The molecule has 1 aromatic carbocycles. The summed E-state index contributed by atoms with van der Waals surface area (Å²) in [6, 6.07) is 0. The van der Waals surface area contributed by atoms with Crippen LogP contribution in [0.2, 0.25) is 0 Å². The Bertz CT molecular complexity index is 1080. The molecule has 1 fully saturated rings. The lowest BCUT2D eigenvalue weighted by Crippen LogP contribution is -2.50. The number of piperazine rings is 1. The second-order valence-electron chi connectivity index (χ2n) is 16.3. The third kappa shape index (κ3) is 21.7. The summed E-state index contributed by atoms with van der Waals surface area (Å²) in [6.07, 6.45) is 32.4. The molecule has 1 aliphatic heterocycles. The Balaban J connectivity index is 1.68. The van der Waals surface area contributed by atoms with Crippen molar-refractivity contribution in [3.8, 4) is 0 Å². The summed E-state index contributed by atoms with van der Waals surface area (Å²) in [7, 11) is 2.10. The zero-order valence-electron chi connectivity index (χ0n) is 35.3. The molecule has 0 atom stereocenters. The third-order valence-electron chi connectivity index (χ3n) is 11.4. The quantitative estimate of drug-likeness (QED) is 0.0413. The molecule has 1 heterocycles. The van der Waals surface area contributed by atoms with Crippen LogP contribution in [0.3, 0.4) is 0 Å². The molecule has 0 unspecified atom stereocenters. The lowest BCUT2D eigenvalue weighted by molar-refractivity contribution is -0.150. The third-order valence-corrected chi connectivity index (χ3v) is 11.4. The molecule has 0 aliphatic carbocycles. The number of nitrogens with one attached hydrogen (secondary N) is 1. The topological polar surface area (TPSA) is 82.2 Å². The maximum absolute atomic E-state index is 12.8. The molecule has 1 aromatic rings. The van der Waals surface area contributed by atoms with E-state index in [0.29, 0.717) is 24.3 Å². The second kappa shape index (κ2) is 31.3. The van der Waals surface area contributed by atoms with Crippen molar-refractivity contribution in [2.24, 2.45) is 0 Å². The van der Waals surface area contributed by atoms with Gasteiger partial charge in [0, 0.05) is 39.1 Å². The predicted octanol–water partition coefficient (Wildman–Crippen LogP) is 10.3. The van der Waals surface area contributed by atoms with Crippen LogP contribution in [0.15, 0.2) is 9.59 Å². The van der Waals surface area contributed by atoms with Crippen LogP contribution in [0.1, 0.15) is 194 Å². The monoisotopic (exact) mass is 745 g/mol. The van der Waals surface area contributed by atoms with E-state index in [9.17, 15) is 14.4 Å². The van der Waals surface area contributed by atoms with E-state index in [1.807, 2.05) is 0 Å². The van der Waals surface area contributed by atoms with Crippen molar-refractivity contribution in [3.05, 3.63) is 20.4 Å². The van der Waals surface area contributed by atoms with Crippen molar-refractivity contribution >= 4 is 17.3 Å². The van der Waals surface area contributed by atoms with E-state index in [-0.39, 0.29) is 22.9 Å². The van der Waals surface area contributed by atoms with Gasteiger partial charge in [-0.25, -0.2) is 0 Å². The molecule has 8 heteroatoms. The molecule has 53 heavy (non-hydrogen) atoms. The highest BCUT2D eigenvalue weighted by Gasteiger charge is 2.27. The molecule has 1 saturated heterocycles. The fraction of sp³-hybridized carbons (Fsp3) is 0.889.